The maximum atomic E-state index is 12.8. The normalized spacial score (nSPS) is 15.3. The topological polar surface area (TPSA) is 117 Å². The van der Waals surface area contributed by atoms with Crippen LogP contribution in [0.3, 0.4) is 0 Å². The zero-order chi connectivity index (χ0) is 23.8. The molecule has 1 aliphatic rings. The molecule has 0 aliphatic carbocycles. The molecule has 0 saturated carbocycles. The monoisotopic (exact) mass is 471 g/mol. The Balaban J connectivity index is 1.36. The molecule has 4 rings (SSSR count). The molecular formula is C23H29N5O4S. The van der Waals surface area contributed by atoms with Crippen molar-refractivity contribution in [1.29, 1.82) is 0 Å². The molecule has 9 nitrogen and oxygen atoms in total. The molecule has 2 N–H and O–H groups in total. The number of H-pyrrole nitrogens is 1. The van der Waals surface area contributed by atoms with E-state index in [1.54, 1.807) is 47.0 Å². The molecule has 0 spiro atoms. The number of sulfonamides is 1. The van der Waals surface area contributed by atoms with Crippen molar-refractivity contribution in [3.63, 3.8) is 0 Å². The molecule has 2 aromatic heterocycles. The van der Waals surface area contributed by atoms with Crippen LogP contribution in [0.1, 0.15) is 36.1 Å². The highest BCUT2D eigenvalue weighted by atomic mass is 32.2. The maximum Gasteiger partial charge on any atom is 0.253 e. The summed E-state index contributed by atoms with van der Waals surface area (Å²) in [4.78, 5) is 30.3. The highest BCUT2D eigenvalue weighted by Crippen LogP contribution is 2.22. The first kappa shape index (κ1) is 23.2. The van der Waals surface area contributed by atoms with Crippen molar-refractivity contribution in [1.82, 2.24) is 24.4 Å². The van der Waals surface area contributed by atoms with Crippen LogP contribution in [0, 0.1) is 13.8 Å². The molecule has 0 radical (unpaired) electrons. The Morgan fingerprint density at radius 3 is 2.52 bits per heavy atom. The summed E-state index contributed by atoms with van der Waals surface area (Å²) in [5, 5.41) is 5.30. The van der Waals surface area contributed by atoms with Crippen LogP contribution in [0.15, 0.2) is 40.0 Å². The molecule has 1 aromatic carbocycles. The number of aromatic amines is 1. The van der Waals surface area contributed by atoms with Gasteiger partial charge in [-0.05, 0) is 50.8 Å². The van der Waals surface area contributed by atoms with Crippen molar-refractivity contribution < 1.29 is 13.2 Å². The van der Waals surface area contributed by atoms with Crippen molar-refractivity contribution in [2.75, 3.05) is 13.1 Å². The van der Waals surface area contributed by atoms with Gasteiger partial charge in [0, 0.05) is 43.5 Å². The van der Waals surface area contributed by atoms with Gasteiger partial charge < -0.3 is 9.88 Å². The SMILES string of the molecule is Cc1nn(C)c2[nH]c(=O)c(CCC(=O)N3CCC(NS(=O)(=O)c4ccccc4)CC3)c(C)c12. The number of piperidine rings is 1. The van der Waals surface area contributed by atoms with Gasteiger partial charge in [-0.3, -0.25) is 14.3 Å². The Labute approximate surface area is 192 Å². The van der Waals surface area contributed by atoms with Crippen LogP contribution in [-0.4, -0.2) is 53.1 Å². The molecule has 3 aromatic rings. The minimum absolute atomic E-state index is 0.0267. The Hall–Kier alpha value is -2.98. The van der Waals surface area contributed by atoms with E-state index in [2.05, 4.69) is 14.8 Å². The minimum Gasteiger partial charge on any atom is -0.343 e. The van der Waals surface area contributed by atoms with Crippen molar-refractivity contribution in [2.24, 2.45) is 7.05 Å². The van der Waals surface area contributed by atoms with Gasteiger partial charge in [0.25, 0.3) is 5.56 Å². The lowest BCUT2D eigenvalue weighted by atomic mass is 10.0. The van der Waals surface area contributed by atoms with Crippen molar-refractivity contribution in [3.8, 4) is 0 Å². The smallest absolute Gasteiger partial charge is 0.253 e. The minimum atomic E-state index is -3.57. The van der Waals surface area contributed by atoms with E-state index in [0.29, 0.717) is 43.6 Å². The second kappa shape index (κ2) is 9.11. The Bertz CT molecular complexity index is 1340. The van der Waals surface area contributed by atoms with Crippen molar-refractivity contribution in [3.05, 3.63) is 57.5 Å². The number of pyridine rings is 1. The first-order valence-electron chi connectivity index (χ1n) is 11.1. The first-order valence-corrected chi connectivity index (χ1v) is 12.6. The lowest BCUT2D eigenvalue weighted by molar-refractivity contribution is -0.132. The summed E-state index contributed by atoms with van der Waals surface area (Å²) in [6, 6.07) is 8.07. The number of benzene rings is 1. The van der Waals surface area contributed by atoms with Gasteiger partial charge in [-0.25, -0.2) is 13.1 Å². The number of amides is 1. The van der Waals surface area contributed by atoms with Gasteiger partial charge in [0.15, 0.2) is 0 Å². The Kier molecular flexibility index (Phi) is 6.40. The van der Waals surface area contributed by atoms with Gasteiger partial charge in [-0.2, -0.15) is 5.10 Å². The number of aromatic nitrogens is 3. The van der Waals surface area contributed by atoms with Gasteiger partial charge in [-0.1, -0.05) is 18.2 Å². The largest absolute Gasteiger partial charge is 0.343 e. The summed E-state index contributed by atoms with van der Waals surface area (Å²) in [5.41, 5.74) is 2.81. The lowest BCUT2D eigenvalue weighted by Crippen LogP contribution is -2.46. The number of hydrogen-bond acceptors (Lipinski definition) is 5. The van der Waals surface area contributed by atoms with E-state index >= 15 is 0 Å². The summed E-state index contributed by atoms with van der Waals surface area (Å²) in [6.07, 6.45) is 1.69. The van der Waals surface area contributed by atoms with Crippen LogP contribution in [0.2, 0.25) is 0 Å². The number of nitrogens with one attached hydrogen (secondary N) is 2. The Morgan fingerprint density at radius 1 is 1.18 bits per heavy atom. The summed E-state index contributed by atoms with van der Waals surface area (Å²) in [6.45, 7) is 4.77. The molecule has 0 atom stereocenters. The molecule has 3 heterocycles. The predicted molar refractivity (Wildman–Crippen MR) is 125 cm³/mol. The van der Waals surface area contributed by atoms with Gasteiger partial charge in [0.05, 0.1) is 10.6 Å². The van der Waals surface area contributed by atoms with E-state index in [-0.39, 0.29) is 28.8 Å². The molecule has 33 heavy (non-hydrogen) atoms. The number of carbonyl (C=O) groups is 1. The molecule has 1 aliphatic heterocycles. The number of aryl methyl sites for hydroxylation is 3. The zero-order valence-corrected chi connectivity index (χ0v) is 19.9. The van der Waals surface area contributed by atoms with Gasteiger partial charge >= 0.3 is 0 Å². The third-order valence-electron chi connectivity index (χ3n) is 6.37. The molecule has 1 fully saturated rings. The molecule has 1 saturated heterocycles. The number of rotatable bonds is 6. The van der Waals surface area contributed by atoms with E-state index in [0.717, 1.165) is 16.6 Å². The van der Waals surface area contributed by atoms with Crippen LogP contribution in [-0.2, 0) is 28.3 Å². The highest BCUT2D eigenvalue weighted by Gasteiger charge is 2.27. The second-order valence-electron chi connectivity index (χ2n) is 8.58. The standard InChI is InChI=1S/C23H29N5O4S/c1-15-19(23(30)24-22-21(15)16(2)25-27(22)3)9-10-20(29)28-13-11-17(12-14-28)26-33(31,32)18-7-5-4-6-8-18/h4-8,17,26H,9-14H2,1-3H3,(H,24,30). The predicted octanol–water partition coefficient (Wildman–Crippen LogP) is 1.78. The third kappa shape index (κ3) is 4.72. The van der Waals surface area contributed by atoms with Crippen LogP contribution in [0.25, 0.3) is 11.0 Å². The van der Waals surface area contributed by atoms with E-state index < -0.39 is 10.0 Å². The quantitative estimate of drug-likeness (QED) is 0.568. The molecule has 176 valence electrons. The van der Waals surface area contributed by atoms with E-state index in [9.17, 15) is 18.0 Å². The summed E-state index contributed by atoms with van der Waals surface area (Å²) < 4.78 is 29.5. The number of fused-ring (bicyclic) bond motifs is 1. The van der Waals surface area contributed by atoms with E-state index in [4.69, 9.17) is 0 Å². The summed E-state index contributed by atoms with van der Waals surface area (Å²) in [5.74, 6) is -0.0267. The van der Waals surface area contributed by atoms with Gasteiger partial charge in [0.2, 0.25) is 15.9 Å². The fraction of sp³-hybridized carbons (Fsp3) is 0.435. The molecule has 10 heteroatoms. The van der Waals surface area contributed by atoms with Gasteiger partial charge in [0.1, 0.15) is 5.65 Å². The first-order chi connectivity index (χ1) is 15.7. The number of likely N-dealkylation sites (tertiary alicyclic amines) is 1. The Morgan fingerprint density at radius 2 is 1.85 bits per heavy atom. The fourth-order valence-electron chi connectivity index (χ4n) is 4.58. The van der Waals surface area contributed by atoms with Crippen molar-refractivity contribution >= 4 is 27.0 Å². The second-order valence-corrected chi connectivity index (χ2v) is 10.3. The number of hydrogen-bond donors (Lipinski definition) is 2. The van der Waals surface area contributed by atoms with Crippen LogP contribution >= 0.6 is 0 Å². The molecule has 0 unspecified atom stereocenters. The summed E-state index contributed by atoms with van der Waals surface area (Å²) in [7, 11) is -1.78. The third-order valence-corrected chi connectivity index (χ3v) is 7.90. The number of carbonyl (C=O) groups excluding carboxylic acids is 1. The van der Waals surface area contributed by atoms with Crippen LogP contribution in [0.4, 0.5) is 0 Å². The molecule has 0 bridgehead atoms. The van der Waals surface area contributed by atoms with Crippen LogP contribution in [0.5, 0.6) is 0 Å². The zero-order valence-electron chi connectivity index (χ0n) is 19.1. The van der Waals surface area contributed by atoms with E-state index in [1.807, 2.05) is 13.8 Å². The maximum absolute atomic E-state index is 12.8. The average Bonchev–Trinajstić information content (AvgIpc) is 3.07. The van der Waals surface area contributed by atoms with E-state index in [1.165, 1.54) is 0 Å². The average molecular weight is 472 g/mol. The van der Waals surface area contributed by atoms with Gasteiger partial charge in [-0.15, -0.1) is 0 Å². The fourth-order valence-corrected chi connectivity index (χ4v) is 5.91. The number of nitrogens with zero attached hydrogens (tertiary/aromatic N) is 3. The molecule has 1 amide bonds. The van der Waals surface area contributed by atoms with Crippen LogP contribution < -0.4 is 10.3 Å². The molecular weight excluding hydrogens is 442 g/mol. The summed E-state index contributed by atoms with van der Waals surface area (Å²) >= 11 is 0. The van der Waals surface area contributed by atoms with Crippen molar-refractivity contribution in [2.45, 2.75) is 50.5 Å². The lowest BCUT2D eigenvalue weighted by Gasteiger charge is -2.32. The highest BCUT2D eigenvalue weighted by molar-refractivity contribution is 7.89.